The van der Waals surface area contributed by atoms with E-state index in [1.54, 1.807) is 18.2 Å². The van der Waals surface area contributed by atoms with E-state index in [-0.39, 0.29) is 10.5 Å². The van der Waals surface area contributed by atoms with E-state index in [1.807, 2.05) is 13.0 Å². The van der Waals surface area contributed by atoms with Gasteiger partial charge in [-0.1, -0.05) is 12.1 Å². The van der Waals surface area contributed by atoms with Crippen LogP contribution in [0.2, 0.25) is 0 Å². The highest BCUT2D eigenvalue weighted by atomic mass is 32.2. The van der Waals surface area contributed by atoms with Crippen molar-refractivity contribution in [3.8, 4) is 0 Å². The van der Waals surface area contributed by atoms with Crippen LogP contribution in [0.4, 0.5) is 5.69 Å². The highest BCUT2D eigenvalue weighted by molar-refractivity contribution is 7.92. The third kappa shape index (κ3) is 3.16. The van der Waals surface area contributed by atoms with Gasteiger partial charge in [0.05, 0.1) is 4.90 Å². The van der Waals surface area contributed by atoms with E-state index in [1.165, 1.54) is 24.3 Å². The van der Waals surface area contributed by atoms with Crippen LogP contribution in [0.3, 0.4) is 0 Å². The van der Waals surface area contributed by atoms with Gasteiger partial charge < -0.3 is 5.73 Å². The van der Waals surface area contributed by atoms with Gasteiger partial charge in [-0.15, -0.1) is 0 Å². The Labute approximate surface area is 117 Å². The second kappa shape index (κ2) is 5.34. The molecule has 0 bridgehead atoms. The van der Waals surface area contributed by atoms with Gasteiger partial charge in [-0.3, -0.25) is 9.52 Å². The van der Waals surface area contributed by atoms with E-state index >= 15 is 0 Å². The fraction of sp³-hybridized carbons (Fsp3) is 0.0714. The van der Waals surface area contributed by atoms with E-state index in [2.05, 4.69) is 4.72 Å². The molecule has 2 aromatic rings. The minimum atomic E-state index is -3.67. The van der Waals surface area contributed by atoms with Gasteiger partial charge >= 0.3 is 0 Å². The van der Waals surface area contributed by atoms with Gasteiger partial charge in [0.25, 0.3) is 10.0 Å². The molecule has 20 heavy (non-hydrogen) atoms. The smallest absolute Gasteiger partial charge is 0.261 e. The van der Waals surface area contributed by atoms with E-state index in [9.17, 15) is 13.2 Å². The fourth-order valence-corrected chi connectivity index (χ4v) is 2.77. The Hall–Kier alpha value is -2.34. The molecule has 5 nitrogen and oxygen atoms in total. The van der Waals surface area contributed by atoms with Gasteiger partial charge in [0.1, 0.15) is 0 Å². The van der Waals surface area contributed by atoms with Crippen LogP contribution in [0.5, 0.6) is 0 Å². The lowest BCUT2D eigenvalue weighted by molar-refractivity contribution is 0.1000. The number of carbonyl (C=O) groups excluding carboxylic acids is 1. The molecule has 0 unspecified atom stereocenters. The lowest BCUT2D eigenvalue weighted by Gasteiger charge is -2.09. The van der Waals surface area contributed by atoms with Crippen molar-refractivity contribution in [2.24, 2.45) is 5.73 Å². The Morgan fingerprint density at radius 1 is 1.10 bits per heavy atom. The van der Waals surface area contributed by atoms with Crippen LogP contribution in [-0.4, -0.2) is 14.3 Å². The minimum Gasteiger partial charge on any atom is -0.366 e. The summed E-state index contributed by atoms with van der Waals surface area (Å²) in [5.74, 6) is -0.597. The van der Waals surface area contributed by atoms with Crippen molar-refractivity contribution >= 4 is 21.6 Å². The first kappa shape index (κ1) is 14.1. The number of aryl methyl sites for hydroxylation is 1. The molecule has 0 fully saturated rings. The van der Waals surface area contributed by atoms with Crippen LogP contribution in [0.1, 0.15) is 15.9 Å². The Morgan fingerprint density at radius 3 is 2.30 bits per heavy atom. The first-order valence-electron chi connectivity index (χ1n) is 5.88. The van der Waals surface area contributed by atoms with Gasteiger partial charge in [0.15, 0.2) is 0 Å². The SMILES string of the molecule is Cc1cccc(NS(=O)(=O)c2ccc(C(N)=O)cc2)c1. The normalized spacial score (nSPS) is 11.1. The maximum absolute atomic E-state index is 12.2. The first-order chi connectivity index (χ1) is 9.38. The maximum atomic E-state index is 12.2. The number of amides is 1. The number of primary amides is 1. The Morgan fingerprint density at radius 2 is 1.75 bits per heavy atom. The highest BCUT2D eigenvalue weighted by Crippen LogP contribution is 2.17. The van der Waals surface area contributed by atoms with Gasteiger partial charge in [-0.25, -0.2) is 8.42 Å². The molecule has 1 amide bonds. The summed E-state index contributed by atoms with van der Waals surface area (Å²) in [5.41, 5.74) is 6.82. The number of rotatable bonds is 4. The van der Waals surface area contributed by atoms with Crippen molar-refractivity contribution in [2.45, 2.75) is 11.8 Å². The largest absolute Gasteiger partial charge is 0.366 e. The molecule has 6 heteroatoms. The summed E-state index contributed by atoms with van der Waals surface area (Å²) < 4.78 is 26.8. The van der Waals surface area contributed by atoms with Gasteiger partial charge in [0.2, 0.25) is 5.91 Å². The predicted octanol–water partition coefficient (Wildman–Crippen LogP) is 1.89. The molecule has 0 radical (unpaired) electrons. The molecule has 2 aromatic carbocycles. The number of hydrogen-bond acceptors (Lipinski definition) is 3. The summed E-state index contributed by atoms with van der Waals surface area (Å²) in [6, 6.07) is 12.5. The average Bonchev–Trinajstić information content (AvgIpc) is 2.38. The third-order valence-corrected chi connectivity index (χ3v) is 4.12. The van der Waals surface area contributed by atoms with Gasteiger partial charge in [-0.05, 0) is 48.9 Å². The first-order valence-corrected chi connectivity index (χ1v) is 7.36. The van der Waals surface area contributed by atoms with E-state index < -0.39 is 15.9 Å². The summed E-state index contributed by atoms with van der Waals surface area (Å²) in [7, 11) is -3.67. The molecule has 2 rings (SSSR count). The zero-order valence-corrected chi connectivity index (χ0v) is 11.6. The topological polar surface area (TPSA) is 89.3 Å². The summed E-state index contributed by atoms with van der Waals surface area (Å²) in [5, 5.41) is 0. The lowest BCUT2D eigenvalue weighted by atomic mass is 10.2. The molecular weight excluding hydrogens is 276 g/mol. The standard InChI is InChI=1S/C14H14N2O3S/c1-10-3-2-4-12(9-10)16-20(18,19)13-7-5-11(6-8-13)14(15)17/h2-9,16H,1H3,(H2,15,17). The molecule has 104 valence electrons. The summed E-state index contributed by atoms with van der Waals surface area (Å²) in [6.07, 6.45) is 0. The summed E-state index contributed by atoms with van der Waals surface area (Å²) in [6.45, 7) is 1.87. The van der Waals surface area contributed by atoms with Crippen molar-refractivity contribution < 1.29 is 13.2 Å². The molecule has 0 heterocycles. The third-order valence-electron chi connectivity index (χ3n) is 2.72. The lowest BCUT2D eigenvalue weighted by Crippen LogP contribution is -2.14. The Balaban J connectivity index is 2.28. The van der Waals surface area contributed by atoms with E-state index in [0.717, 1.165) is 5.56 Å². The van der Waals surface area contributed by atoms with Crippen LogP contribution in [0.15, 0.2) is 53.4 Å². The zero-order valence-electron chi connectivity index (χ0n) is 10.8. The maximum Gasteiger partial charge on any atom is 0.261 e. The van der Waals surface area contributed by atoms with Gasteiger partial charge in [0, 0.05) is 11.3 Å². The minimum absolute atomic E-state index is 0.0732. The molecule has 0 aliphatic heterocycles. The molecular formula is C14H14N2O3S. The monoisotopic (exact) mass is 290 g/mol. The number of anilines is 1. The number of hydrogen-bond donors (Lipinski definition) is 2. The van der Waals surface area contributed by atoms with Gasteiger partial charge in [-0.2, -0.15) is 0 Å². The van der Waals surface area contributed by atoms with Crippen molar-refractivity contribution in [3.63, 3.8) is 0 Å². The van der Waals surface area contributed by atoms with Crippen molar-refractivity contribution in [2.75, 3.05) is 4.72 Å². The number of nitrogens with two attached hydrogens (primary N) is 1. The van der Waals surface area contributed by atoms with E-state index in [0.29, 0.717) is 5.69 Å². The Bertz CT molecular complexity index is 737. The van der Waals surface area contributed by atoms with Crippen LogP contribution < -0.4 is 10.5 Å². The van der Waals surface area contributed by atoms with Crippen molar-refractivity contribution in [3.05, 3.63) is 59.7 Å². The summed E-state index contributed by atoms with van der Waals surface area (Å²) in [4.78, 5) is 11.0. The predicted molar refractivity (Wildman–Crippen MR) is 76.9 cm³/mol. The number of carbonyl (C=O) groups is 1. The molecule has 0 saturated heterocycles. The second-order valence-electron chi connectivity index (χ2n) is 4.36. The molecule has 0 saturated carbocycles. The number of benzene rings is 2. The Kier molecular flexibility index (Phi) is 3.76. The fourth-order valence-electron chi connectivity index (χ4n) is 1.72. The highest BCUT2D eigenvalue weighted by Gasteiger charge is 2.14. The molecule has 0 spiro atoms. The molecule has 0 aliphatic rings. The number of nitrogens with one attached hydrogen (secondary N) is 1. The van der Waals surface area contributed by atoms with Crippen LogP contribution in [0.25, 0.3) is 0 Å². The van der Waals surface area contributed by atoms with Crippen LogP contribution in [0, 0.1) is 6.92 Å². The zero-order chi connectivity index (χ0) is 14.8. The molecule has 3 N–H and O–H groups in total. The van der Waals surface area contributed by atoms with Crippen LogP contribution in [-0.2, 0) is 10.0 Å². The quantitative estimate of drug-likeness (QED) is 0.901. The van der Waals surface area contributed by atoms with Crippen molar-refractivity contribution in [1.82, 2.24) is 0 Å². The molecule has 0 atom stereocenters. The van der Waals surface area contributed by atoms with Crippen LogP contribution >= 0.6 is 0 Å². The van der Waals surface area contributed by atoms with E-state index in [4.69, 9.17) is 5.73 Å². The number of sulfonamides is 1. The molecule has 0 aliphatic carbocycles. The second-order valence-corrected chi connectivity index (χ2v) is 6.05. The van der Waals surface area contributed by atoms with Crippen molar-refractivity contribution in [1.29, 1.82) is 0 Å². The molecule has 0 aromatic heterocycles. The summed E-state index contributed by atoms with van der Waals surface area (Å²) >= 11 is 0. The average molecular weight is 290 g/mol.